The Kier molecular flexibility index (Phi) is 5.78. The summed E-state index contributed by atoms with van der Waals surface area (Å²) in [6, 6.07) is 9.50. The van der Waals surface area contributed by atoms with Gasteiger partial charge < -0.3 is 15.2 Å². The maximum Gasteiger partial charge on any atom is 0.433 e. The van der Waals surface area contributed by atoms with Crippen molar-refractivity contribution in [1.82, 2.24) is 0 Å². The number of carbonyl (C=O) groups is 1. The van der Waals surface area contributed by atoms with Gasteiger partial charge in [-0.15, -0.1) is 0 Å². The number of rotatable bonds is 4. The third-order valence-corrected chi connectivity index (χ3v) is 4.65. The number of methoxy groups -OCH3 is 1. The van der Waals surface area contributed by atoms with Crippen molar-refractivity contribution in [3.05, 3.63) is 58.6 Å². The SMILES string of the molecule is COc1ccc(C(=O)Nc2ccc(Cl)cc2[C@@](O)(C#CC2CC2)C(F)(F)F)cc1. The van der Waals surface area contributed by atoms with Crippen molar-refractivity contribution in [3.8, 4) is 17.6 Å². The Morgan fingerprint density at radius 2 is 1.86 bits per heavy atom. The van der Waals surface area contributed by atoms with Gasteiger partial charge in [-0.2, -0.15) is 13.2 Å². The van der Waals surface area contributed by atoms with Crippen LogP contribution in [-0.4, -0.2) is 24.3 Å². The second-order valence-electron chi connectivity index (χ2n) is 6.62. The molecule has 3 rings (SSSR count). The molecule has 1 amide bonds. The van der Waals surface area contributed by atoms with Crippen molar-refractivity contribution in [3.63, 3.8) is 0 Å². The van der Waals surface area contributed by atoms with Gasteiger partial charge in [-0.1, -0.05) is 23.4 Å². The van der Waals surface area contributed by atoms with E-state index in [-0.39, 0.29) is 22.2 Å². The van der Waals surface area contributed by atoms with Gasteiger partial charge in [0.1, 0.15) is 5.75 Å². The molecule has 0 radical (unpaired) electrons. The summed E-state index contributed by atoms with van der Waals surface area (Å²) in [6.45, 7) is 0. The van der Waals surface area contributed by atoms with Crippen LogP contribution in [0.2, 0.25) is 5.02 Å². The number of nitrogens with one attached hydrogen (secondary N) is 1. The van der Waals surface area contributed by atoms with E-state index in [0.717, 1.165) is 6.07 Å². The summed E-state index contributed by atoms with van der Waals surface area (Å²) < 4.78 is 46.4. The average molecular weight is 424 g/mol. The summed E-state index contributed by atoms with van der Waals surface area (Å²) in [6.07, 6.45) is -3.71. The topological polar surface area (TPSA) is 58.6 Å². The molecule has 0 aliphatic heterocycles. The van der Waals surface area contributed by atoms with Crippen molar-refractivity contribution in [2.45, 2.75) is 24.6 Å². The lowest BCUT2D eigenvalue weighted by Crippen LogP contribution is -2.42. The molecule has 8 heteroatoms. The predicted octanol–water partition coefficient (Wildman–Crippen LogP) is 4.76. The van der Waals surface area contributed by atoms with E-state index in [2.05, 4.69) is 11.2 Å². The molecule has 2 aromatic carbocycles. The van der Waals surface area contributed by atoms with E-state index in [0.29, 0.717) is 18.6 Å². The number of hydrogen-bond donors (Lipinski definition) is 2. The summed E-state index contributed by atoms with van der Waals surface area (Å²) in [4.78, 5) is 12.5. The van der Waals surface area contributed by atoms with Crippen LogP contribution < -0.4 is 10.1 Å². The van der Waals surface area contributed by atoms with Gasteiger partial charge in [0.05, 0.1) is 7.11 Å². The van der Waals surface area contributed by atoms with Gasteiger partial charge in [-0.05, 0) is 55.3 Å². The van der Waals surface area contributed by atoms with Crippen LogP contribution in [0.15, 0.2) is 42.5 Å². The molecule has 0 bridgehead atoms. The van der Waals surface area contributed by atoms with E-state index >= 15 is 0 Å². The van der Waals surface area contributed by atoms with Crippen LogP contribution in [0.4, 0.5) is 18.9 Å². The fraction of sp³-hybridized carbons (Fsp3) is 0.286. The first kappa shape index (κ1) is 21.0. The molecule has 1 aliphatic rings. The van der Waals surface area contributed by atoms with Gasteiger partial charge >= 0.3 is 6.18 Å². The lowest BCUT2D eigenvalue weighted by Gasteiger charge is -2.28. The van der Waals surface area contributed by atoms with Crippen LogP contribution in [0.3, 0.4) is 0 Å². The first-order valence-electron chi connectivity index (χ1n) is 8.71. The molecule has 1 aliphatic carbocycles. The molecular formula is C21H17ClF3NO3. The number of amides is 1. The first-order chi connectivity index (χ1) is 13.6. The number of halogens is 4. The van der Waals surface area contributed by atoms with Crippen LogP contribution in [0.5, 0.6) is 5.75 Å². The standard InChI is InChI=1S/C21H17ClF3NO3/c1-29-16-7-4-14(5-8-16)19(27)26-18-9-6-15(22)12-17(18)20(28,21(23,24)25)11-10-13-2-3-13/h4-9,12-13,28H,2-3H2,1H3,(H,26,27)/t20-/m0/s1. The van der Waals surface area contributed by atoms with Crippen molar-refractivity contribution in [1.29, 1.82) is 0 Å². The zero-order chi connectivity index (χ0) is 21.2. The highest BCUT2D eigenvalue weighted by atomic mass is 35.5. The average Bonchev–Trinajstić information content (AvgIpc) is 3.51. The predicted molar refractivity (Wildman–Crippen MR) is 103 cm³/mol. The van der Waals surface area contributed by atoms with Crippen LogP contribution in [-0.2, 0) is 5.60 Å². The number of ether oxygens (including phenoxy) is 1. The largest absolute Gasteiger partial charge is 0.497 e. The van der Waals surface area contributed by atoms with E-state index in [9.17, 15) is 23.1 Å². The number of benzene rings is 2. The van der Waals surface area contributed by atoms with E-state index < -0.39 is 23.2 Å². The molecular weight excluding hydrogens is 407 g/mol. The van der Waals surface area contributed by atoms with Gasteiger partial charge in [0.2, 0.25) is 5.60 Å². The van der Waals surface area contributed by atoms with Crippen molar-refractivity contribution in [2.75, 3.05) is 12.4 Å². The van der Waals surface area contributed by atoms with Gasteiger partial charge in [-0.3, -0.25) is 4.79 Å². The monoisotopic (exact) mass is 423 g/mol. The van der Waals surface area contributed by atoms with Gasteiger partial charge in [0.15, 0.2) is 0 Å². The molecule has 0 unspecified atom stereocenters. The molecule has 0 saturated heterocycles. The smallest absolute Gasteiger partial charge is 0.433 e. The molecule has 2 aromatic rings. The molecule has 0 aromatic heterocycles. The minimum Gasteiger partial charge on any atom is -0.497 e. The molecule has 2 N–H and O–H groups in total. The summed E-state index contributed by atoms with van der Waals surface area (Å²) in [7, 11) is 1.47. The normalized spacial score (nSPS) is 15.7. The minimum absolute atomic E-state index is 0.0293. The number of carbonyl (C=O) groups excluding carboxylic acids is 1. The molecule has 0 heterocycles. The highest BCUT2D eigenvalue weighted by Gasteiger charge is 2.55. The van der Waals surface area contributed by atoms with E-state index in [1.807, 2.05) is 5.92 Å². The maximum absolute atomic E-state index is 13.8. The second kappa shape index (κ2) is 7.97. The van der Waals surface area contributed by atoms with Crippen LogP contribution in [0, 0.1) is 17.8 Å². The Bertz CT molecular complexity index is 975. The highest BCUT2D eigenvalue weighted by Crippen LogP contribution is 2.43. The fourth-order valence-electron chi connectivity index (χ4n) is 2.59. The number of aliphatic hydroxyl groups is 1. The third kappa shape index (κ3) is 4.66. The van der Waals surface area contributed by atoms with Crippen molar-refractivity contribution >= 4 is 23.2 Å². The number of hydrogen-bond acceptors (Lipinski definition) is 3. The van der Waals surface area contributed by atoms with Crippen molar-refractivity contribution < 1.29 is 27.8 Å². The Labute approximate surface area is 170 Å². The first-order valence-corrected chi connectivity index (χ1v) is 9.09. The molecule has 152 valence electrons. The quantitative estimate of drug-likeness (QED) is 0.697. The van der Waals surface area contributed by atoms with Crippen LogP contribution >= 0.6 is 11.6 Å². The second-order valence-corrected chi connectivity index (χ2v) is 7.06. The van der Waals surface area contributed by atoms with E-state index in [1.54, 1.807) is 12.1 Å². The van der Waals surface area contributed by atoms with E-state index in [1.165, 1.54) is 31.4 Å². The highest BCUT2D eigenvalue weighted by molar-refractivity contribution is 6.30. The molecule has 1 saturated carbocycles. The van der Waals surface area contributed by atoms with Gasteiger partial charge in [-0.25, -0.2) is 0 Å². The summed E-state index contributed by atoms with van der Waals surface area (Å²) >= 11 is 5.88. The van der Waals surface area contributed by atoms with Gasteiger partial charge in [0, 0.05) is 27.8 Å². The molecule has 1 atom stereocenters. The Balaban J connectivity index is 2.00. The minimum atomic E-state index is -5.10. The Morgan fingerprint density at radius 3 is 2.41 bits per heavy atom. The third-order valence-electron chi connectivity index (χ3n) is 4.42. The Morgan fingerprint density at radius 1 is 1.21 bits per heavy atom. The van der Waals surface area contributed by atoms with Crippen LogP contribution in [0.1, 0.15) is 28.8 Å². The summed E-state index contributed by atoms with van der Waals surface area (Å²) in [5.74, 6) is 4.12. The molecule has 4 nitrogen and oxygen atoms in total. The lowest BCUT2D eigenvalue weighted by atomic mass is 9.91. The molecule has 0 spiro atoms. The Hall–Kier alpha value is -2.69. The summed E-state index contributed by atoms with van der Waals surface area (Å²) in [5.41, 5.74) is -4.14. The molecule has 1 fully saturated rings. The zero-order valence-electron chi connectivity index (χ0n) is 15.3. The van der Waals surface area contributed by atoms with Crippen LogP contribution in [0.25, 0.3) is 0 Å². The number of alkyl halides is 3. The molecule has 29 heavy (non-hydrogen) atoms. The van der Waals surface area contributed by atoms with E-state index in [4.69, 9.17) is 16.3 Å². The number of anilines is 1. The zero-order valence-corrected chi connectivity index (χ0v) is 16.1. The summed E-state index contributed by atoms with van der Waals surface area (Å²) in [5, 5.41) is 12.9. The maximum atomic E-state index is 13.8. The fourth-order valence-corrected chi connectivity index (χ4v) is 2.76. The van der Waals surface area contributed by atoms with Gasteiger partial charge in [0.25, 0.3) is 5.91 Å². The van der Waals surface area contributed by atoms with Crippen molar-refractivity contribution in [2.24, 2.45) is 5.92 Å². The lowest BCUT2D eigenvalue weighted by molar-refractivity contribution is -0.240.